The minimum atomic E-state index is -0.161. The number of carbonyl (C=O) groups excluding carboxylic acids is 1. The van der Waals surface area contributed by atoms with E-state index in [4.69, 9.17) is 5.11 Å². The molecule has 0 saturated carbocycles. The quantitative estimate of drug-likeness (QED) is 0.525. The Bertz CT molecular complexity index is 137. The third kappa shape index (κ3) is 6.12. The summed E-state index contributed by atoms with van der Waals surface area (Å²) < 4.78 is 0. The molecule has 0 radical (unpaired) electrons. The van der Waals surface area contributed by atoms with Gasteiger partial charge in [0.2, 0.25) is 5.91 Å². The molecule has 0 spiro atoms. The largest absolute Gasteiger partial charge is 0.394 e. The number of amides is 1. The van der Waals surface area contributed by atoms with Gasteiger partial charge in [-0.2, -0.15) is 0 Å². The van der Waals surface area contributed by atoms with Gasteiger partial charge in [0.1, 0.15) is 0 Å². The zero-order valence-corrected chi connectivity index (χ0v) is 7.92. The van der Waals surface area contributed by atoms with Crippen molar-refractivity contribution in [2.24, 2.45) is 0 Å². The van der Waals surface area contributed by atoms with Gasteiger partial charge in [-0.15, -0.1) is 0 Å². The van der Waals surface area contributed by atoms with Gasteiger partial charge >= 0.3 is 0 Å². The molecule has 0 aliphatic rings. The fourth-order valence-electron chi connectivity index (χ4n) is 0.668. The van der Waals surface area contributed by atoms with Crippen LogP contribution in [0.3, 0.4) is 0 Å². The van der Waals surface area contributed by atoms with E-state index >= 15 is 0 Å². The molecule has 0 aliphatic carbocycles. The Morgan fingerprint density at radius 2 is 2.00 bits per heavy atom. The van der Waals surface area contributed by atoms with Crippen LogP contribution in [0.5, 0.6) is 0 Å². The molecule has 0 rings (SSSR count). The lowest BCUT2D eigenvalue weighted by Gasteiger charge is -2.12. The van der Waals surface area contributed by atoms with Crippen molar-refractivity contribution in [3.05, 3.63) is 0 Å². The molecule has 4 heteroatoms. The van der Waals surface area contributed by atoms with Crippen LogP contribution in [0.1, 0.15) is 20.8 Å². The molecule has 0 aromatic carbocycles. The Hall–Kier alpha value is -0.610. The smallest absolute Gasteiger partial charge is 0.234 e. The fourth-order valence-corrected chi connectivity index (χ4v) is 0.668. The number of nitrogens with one attached hydrogen (secondary N) is 2. The topological polar surface area (TPSA) is 61.4 Å². The van der Waals surface area contributed by atoms with Crippen LogP contribution < -0.4 is 10.6 Å². The maximum atomic E-state index is 11.0. The number of aliphatic hydroxyl groups excluding tert-OH is 1. The van der Waals surface area contributed by atoms with E-state index in [0.29, 0.717) is 12.6 Å². The summed E-state index contributed by atoms with van der Waals surface area (Å²) in [5.74, 6) is -0.0785. The zero-order chi connectivity index (χ0) is 9.56. The van der Waals surface area contributed by atoms with Crippen LogP contribution in [0.2, 0.25) is 0 Å². The first-order valence-electron chi connectivity index (χ1n) is 4.20. The second-order valence-corrected chi connectivity index (χ2v) is 3.19. The number of hydrogen-bond acceptors (Lipinski definition) is 3. The molecule has 1 amide bonds. The number of carbonyl (C=O) groups is 1. The molecule has 0 aliphatic heterocycles. The van der Waals surface area contributed by atoms with E-state index < -0.39 is 0 Å². The van der Waals surface area contributed by atoms with Gasteiger partial charge < -0.3 is 15.7 Å². The Morgan fingerprint density at radius 1 is 1.42 bits per heavy atom. The van der Waals surface area contributed by atoms with Crippen LogP contribution in [-0.4, -0.2) is 36.2 Å². The Balaban J connectivity index is 3.46. The molecule has 0 aromatic heterocycles. The lowest BCUT2D eigenvalue weighted by molar-refractivity contribution is -0.121. The molecule has 1 atom stereocenters. The van der Waals surface area contributed by atoms with E-state index in [1.54, 1.807) is 6.92 Å². The van der Waals surface area contributed by atoms with E-state index in [0.717, 1.165) is 0 Å². The molecular formula is C8H18N2O2. The lowest BCUT2D eigenvalue weighted by Crippen LogP contribution is -2.42. The first-order chi connectivity index (χ1) is 5.56. The summed E-state index contributed by atoms with van der Waals surface area (Å²) in [5.41, 5.74) is 0. The molecule has 0 heterocycles. The highest BCUT2D eigenvalue weighted by molar-refractivity contribution is 5.78. The van der Waals surface area contributed by atoms with Crippen LogP contribution in [0.25, 0.3) is 0 Å². The molecule has 12 heavy (non-hydrogen) atoms. The molecule has 0 bridgehead atoms. The third-order valence-electron chi connectivity index (χ3n) is 1.35. The summed E-state index contributed by atoms with van der Waals surface area (Å²) >= 11 is 0. The molecule has 0 unspecified atom stereocenters. The normalized spacial score (nSPS) is 13.1. The van der Waals surface area contributed by atoms with Gasteiger partial charge in [-0.3, -0.25) is 4.79 Å². The highest BCUT2D eigenvalue weighted by Gasteiger charge is 2.05. The van der Waals surface area contributed by atoms with E-state index in [1.165, 1.54) is 0 Å². The SMILES string of the molecule is CC(C)NCC(=O)N[C@H](C)CO. The van der Waals surface area contributed by atoms with Crippen molar-refractivity contribution in [3.8, 4) is 0 Å². The summed E-state index contributed by atoms with van der Waals surface area (Å²) in [5, 5.41) is 14.2. The fraction of sp³-hybridized carbons (Fsp3) is 0.875. The van der Waals surface area contributed by atoms with Crippen molar-refractivity contribution in [1.82, 2.24) is 10.6 Å². The monoisotopic (exact) mass is 174 g/mol. The lowest BCUT2D eigenvalue weighted by atomic mass is 10.3. The van der Waals surface area contributed by atoms with E-state index in [1.807, 2.05) is 13.8 Å². The Morgan fingerprint density at radius 3 is 2.42 bits per heavy atom. The first kappa shape index (κ1) is 11.4. The van der Waals surface area contributed by atoms with Crippen molar-refractivity contribution >= 4 is 5.91 Å². The Labute approximate surface area is 73.3 Å². The van der Waals surface area contributed by atoms with Gasteiger partial charge in [0, 0.05) is 12.1 Å². The molecule has 0 saturated heterocycles. The zero-order valence-electron chi connectivity index (χ0n) is 7.92. The molecule has 4 nitrogen and oxygen atoms in total. The molecular weight excluding hydrogens is 156 g/mol. The minimum absolute atomic E-state index is 0.0204. The number of aliphatic hydroxyl groups is 1. The van der Waals surface area contributed by atoms with E-state index in [2.05, 4.69) is 10.6 Å². The van der Waals surface area contributed by atoms with Gasteiger partial charge in [-0.1, -0.05) is 13.8 Å². The van der Waals surface area contributed by atoms with Crippen LogP contribution in [0.4, 0.5) is 0 Å². The summed E-state index contributed by atoms with van der Waals surface area (Å²) in [6.07, 6.45) is 0. The minimum Gasteiger partial charge on any atom is -0.394 e. The Kier molecular flexibility index (Phi) is 5.66. The molecule has 72 valence electrons. The molecule has 0 fully saturated rings. The summed E-state index contributed by atoms with van der Waals surface area (Å²) in [4.78, 5) is 11.0. The molecule has 0 aromatic rings. The number of hydrogen-bond donors (Lipinski definition) is 3. The van der Waals surface area contributed by atoms with Crippen molar-refractivity contribution in [1.29, 1.82) is 0 Å². The third-order valence-corrected chi connectivity index (χ3v) is 1.35. The number of rotatable bonds is 5. The second-order valence-electron chi connectivity index (χ2n) is 3.19. The van der Waals surface area contributed by atoms with Gasteiger partial charge in [0.05, 0.1) is 13.2 Å². The first-order valence-corrected chi connectivity index (χ1v) is 4.20. The van der Waals surface area contributed by atoms with Crippen LogP contribution >= 0.6 is 0 Å². The maximum Gasteiger partial charge on any atom is 0.234 e. The standard InChI is InChI=1S/C8H18N2O2/c1-6(2)9-4-8(12)10-7(3)5-11/h6-7,9,11H,4-5H2,1-3H3,(H,10,12)/t7-/m1/s1. The van der Waals surface area contributed by atoms with Gasteiger partial charge in [0.15, 0.2) is 0 Å². The van der Waals surface area contributed by atoms with Gasteiger partial charge in [0.25, 0.3) is 0 Å². The average molecular weight is 174 g/mol. The summed E-state index contributed by atoms with van der Waals surface area (Å²) in [6.45, 7) is 5.99. The predicted octanol–water partition coefficient (Wildman–Crippen LogP) is -0.519. The molecule has 3 N–H and O–H groups in total. The highest BCUT2D eigenvalue weighted by atomic mass is 16.3. The van der Waals surface area contributed by atoms with Crippen molar-refractivity contribution in [3.63, 3.8) is 0 Å². The average Bonchev–Trinajstić information content (AvgIpc) is 2.00. The van der Waals surface area contributed by atoms with E-state index in [9.17, 15) is 4.79 Å². The second kappa shape index (κ2) is 5.97. The van der Waals surface area contributed by atoms with Crippen molar-refractivity contribution in [2.75, 3.05) is 13.2 Å². The van der Waals surface area contributed by atoms with Gasteiger partial charge in [-0.25, -0.2) is 0 Å². The maximum absolute atomic E-state index is 11.0. The van der Waals surface area contributed by atoms with Gasteiger partial charge in [-0.05, 0) is 6.92 Å². The highest BCUT2D eigenvalue weighted by Crippen LogP contribution is 1.79. The van der Waals surface area contributed by atoms with Crippen LogP contribution in [-0.2, 0) is 4.79 Å². The predicted molar refractivity (Wildman–Crippen MR) is 47.8 cm³/mol. The van der Waals surface area contributed by atoms with Crippen molar-refractivity contribution in [2.45, 2.75) is 32.9 Å². The van der Waals surface area contributed by atoms with E-state index in [-0.39, 0.29) is 18.6 Å². The van der Waals surface area contributed by atoms with Crippen LogP contribution in [0.15, 0.2) is 0 Å². The van der Waals surface area contributed by atoms with Crippen molar-refractivity contribution < 1.29 is 9.90 Å². The summed E-state index contributed by atoms with van der Waals surface area (Å²) in [7, 11) is 0. The van der Waals surface area contributed by atoms with Crippen LogP contribution in [0, 0.1) is 0 Å². The summed E-state index contributed by atoms with van der Waals surface area (Å²) in [6, 6.07) is 0.145.